The predicted octanol–water partition coefficient (Wildman–Crippen LogP) is 4.28. The minimum absolute atomic E-state index is 0.0200. The maximum absolute atomic E-state index is 14.3. The maximum atomic E-state index is 14.3. The van der Waals surface area contributed by atoms with Crippen LogP contribution >= 0.6 is 0 Å². The number of rotatable bonds is 5. The second kappa shape index (κ2) is 9.30. The molecule has 35 heavy (non-hydrogen) atoms. The summed E-state index contributed by atoms with van der Waals surface area (Å²) >= 11 is 0. The van der Waals surface area contributed by atoms with Crippen LogP contribution in [0.3, 0.4) is 0 Å². The monoisotopic (exact) mass is 493 g/mol. The summed E-state index contributed by atoms with van der Waals surface area (Å²) in [7, 11) is 1.12. The quantitative estimate of drug-likeness (QED) is 0.537. The van der Waals surface area contributed by atoms with Gasteiger partial charge in [-0.05, 0) is 55.0 Å². The van der Waals surface area contributed by atoms with E-state index in [2.05, 4.69) is 15.3 Å². The first-order valence-electron chi connectivity index (χ1n) is 10.7. The van der Waals surface area contributed by atoms with Crippen LogP contribution in [0, 0.1) is 12.7 Å². The zero-order valence-electron chi connectivity index (χ0n) is 19.7. The lowest BCUT2D eigenvalue weighted by atomic mass is 10.1. The van der Waals surface area contributed by atoms with Crippen molar-refractivity contribution in [2.45, 2.75) is 11.8 Å². The van der Waals surface area contributed by atoms with Crippen molar-refractivity contribution in [2.75, 3.05) is 31.4 Å². The van der Waals surface area contributed by atoms with Crippen molar-refractivity contribution in [1.82, 2.24) is 4.31 Å². The molecule has 1 N–H and O–H groups in total. The van der Waals surface area contributed by atoms with Gasteiger partial charge in [-0.3, -0.25) is 9.10 Å². The highest BCUT2D eigenvalue weighted by Crippen LogP contribution is 2.32. The third kappa shape index (κ3) is 4.65. The summed E-state index contributed by atoms with van der Waals surface area (Å²) in [5.41, 5.74) is 1.99. The van der Waals surface area contributed by atoms with Crippen LogP contribution in [0.15, 0.2) is 81.6 Å². The average molecular weight is 494 g/mol. The van der Waals surface area contributed by atoms with E-state index >= 15 is 0 Å². The molecule has 0 radical (unpaired) electrons. The topological polar surface area (TPSA) is 94.4 Å². The Morgan fingerprint density at radius 2 is 1.74 bits per heavy atom. The number of hydrogen-bond acceptors (Lipinski definition) is 6. The fourth-order valence-electron chi connectivity index (χ4n) is 3.53. The lowest BCUT2D eigenvalue weighted by Crippen LogP contribution is -2.44. The van der Waals surface area contributed by atoms with Gasteiger partial charge in [-0.25, -0.2) is 22.8 Å². The number of amidine groups is 1. The number of amides is 1. The molecule has 0 saturated carbocycles. The second-order valence-electron chi connectivity index (χ2n) is 8.14. The number of hydrogen-bond donors (Lipinski definition) is 1. The molecule has 4 rings (SSSR count). The van der Waals surface area contributed by atoms with Crippen LogP contribution in [0.25, 0.3) is 0 Å². The summed E-state index contributed by atoms with van der Waals surface area (Å²) in [6, 6.07) is 17.4. The second-order valence-corrected chi connectivity index (χ2v) is 10.1. The summed E-state index contributed by atoms with van der Waals surface area (Å²) in [5, 5.41) is 2.49. The van der Waals surface area contributed by atoms with E-state index in [0.29, 0.717) is 5.69 Å². The standard InChI is InChI=1S/C25H24FN5O3S/c1-16-15-17(30(2)3)13-14-19(16)27-23(25(32)29-20-10-6-5-9-18(20)26)24-28-21-11-7-8-12-22(21)35(33,34)31(24)4/h5-15H,1-4H3,(H,29,32)/b27-23-. The number of fused-ring (bicyclic) bond motifs is 1. The highest BCUT2D eigenvalue weighted by Gasteiger charge is 2.36. The molecule has 0 aliphatic carbocycles. The molecule has 0 atom stereocenters. The number of benzene rings is 3. The van der Waals surface area contributed by atoms with E-state index in [1.807, 2.05) is 38.1 Å². The minimum Gasteiger partial charge on any atom is -0.378 e. The molecule has 0 unspecified atom stereocenters. The SMILES string of the molecule is Cc1cc(N(C)C)ccc1/N=C(\C(=O)Nc1ccccc1F)C1=Nc2ccccc2S(=O)(=O)N1C. The smallest absolute Gasteiger partial charge is 0.278 e. The van der Waals surface area contributed by atoms with Gasteiger partial charge in [0.05, 0.1) is 17.1 Å². The zero-order chi connectivity index (χ0) is 25.3. The van der Waals surface area contributed by atoms with Gasteiger partial charge in [0, 0.05) is 26.8 Å². The van der Waals surface area contributed by atoms with Crippen LogP contribution in [0.1, 0.15) is 5.56 Å². The number of aryl methyl sites for hydroxylation is 1. The summed E-state index contributed by atoms with van der Waals surface area (Å²) in [5.74, 6) is -1.61. The first-order valence-corrected chi connectivity index (χ1v) is 12.1. The highest BCUT2D eigenvalue weighted by molar-refractivity contribution is 7.90. The Labute approximate surface area is 203 Å². The Bertz CT molecular complexity index is 1480. The fourth-order valence-corrected chi connectivity index (χ4v) is 4.80. The van der Waals surface area contributed by atoms with E-state index in [9.17, 15) is 17.6 Å². The molecule has 1 aliphatic heterocycles. The number of carbonyl (C=O) groups excluding carboxylic acids is 1. The number of sulfonamides is 1. The molecule has 0 aromatic heterocycles. The fraction of sp³-hybridized carbons (Fsp3) is 0.160. The molecule has 3 aromatic rings. The Kier molecular flexibility index (Phi) is 6.40. The molecule has 8 nitrogen and oxygen atoms in total. The number of para-hydroxylation sites is 2. The first-order chi connectivity index (χ1) is 16.6. The Balaban J connectivity index is 1.89. The Morgan fingerprint density at radius 3 is 2.43 bits per heavy atom. The van der Waals surface area contributed by atoms with Gasteiger partial charge in [0.2, 0.25) is 0 Å². The van der Waals surface area contributed by atoms with E-state index in [1.165, 1.54) is 31.3 Å². The van der Waals surface area contributed by atoms with Crippen LogP contribution in [0.2, 0.25) is 0 Å². The van der Waals surface area contributed by atoms with Crippen molar-refractivity contribution in [3.63, 3.8) is 0 Å². The number of nitrogens with zero attached hydrogens (tertiary/aromatic N) is 4. The molecular weight excluding hydrogens is 469 g/mol. The summed E-state index contributed by atoms with van der Waals surface area (Å²) in [6.45, 7) is 1.83. The third-order valence-corrected chi connectivity index (χ3v) is 7.30. The first kappa shape index (κ1) is 24.1. The summed E-state index contributed by atoms with van der Waals surface area (Å²) in [4.78, 5) is 24.3. The van der Waals surface area contributed by atoms with Gasteiger partial charge in [-0.1, -0.05) is 24.3 Å². The van der Waals surface area contributed by atoms with E-state index < -0.39 is 21.7 Å². The number of aliphatic imine (C=N–C) groups is 2. The predicted molar refractivity (Wildman–Crippen MR) is 136 cm³/mol. The number of halogens is 1. The molecule has 10 heteroatoms. The number of nitrogens with one attached hydrogen (secondary N) is 1. The van der Waals surface area contributed by atoms with Gasteiger partial charge >= 0.3 is 0 Å². The molecule has 1 heterocycles. The third-order valence-electron chi connectivity index (χ3n) is 5.51. The minimum atomic E-state index is -3.99. The van der Waals surface area contributed by atoms with Crippen molar-refractivity contribution in [1.29, 1.82) is 0 Å². The largest absolute Gasteiger partial charge is 0.378 e. The van der Waals surface area contributed by atoms with E-state index in [1.54, 1.807) is 30.3 Å². The molecule has 1 aliphatic rings. The van der Waals surface area contributed by atoms with Crippen LogP contribution in [-0.4, -0.2) is 51.3 Å². The van der Waals surface area contributed by atoms with Gasteiger partial charge in [-0.15, -0.1) is 0 Å². The van der Waals surface area contributed by atoms with Crippen LogP contribution < -0.4 is 10.2 Å². The molecule has 0 fully saturated rings. The molecular formula is C25H24FN5O3S. The van der Waals surface area contributed by atoms with Gasteiger partial charge in [-0.2, -0.15) is 0 Å². The van der Waals surface area contributed by atoms with Crippen LogP contribution in [0.5, 0.6) is 0 Å². The van der Waals surface area contributed by atoms with E-state index in [4.69, 9.17) is 0 Å². The Morgan fingerprint density at radius 1 is 1.06 bits per heavy atom. The van der Waals surface area contributed by atoms with E-state index in [0.717, 1.165) is 15.6 Å². The summed E-state index contributed by atoms with van der Waals surface area (Å²) in [6.07, 6.45) is 0. The Hall–Kier alpha value is -4.05. The maximum Gasteiger partial charge on any atom is 0.278 e. The number of carbonyl (C=O) groups is 1. The van der Waals surface area contributed by atoms with E-state index in [-0.39, 0.29) is 27.8 Å². The lowest BCUT2D eigenvalue weighted by Gasteiger charge is -2.26. The highest BCUT2D eigenvalue weighted by atomic mass is 32.2. The van der Waals surface area contributed by atoms with Crippen LogP contribution in [0.4, 0.5) is 27.1 Å². The van der Waals surface area contributed by atoms with Crippen molar-refractivity contribution < 1.29 is 17.6 Å². The normalized spacial score (nSPS) is 14.7. The molecule has 3 aromatic carbocycles. The van der Waals surface area contributed by atoms with Crippen molar-refractivity contribution in [2.24, 2.45) is 9.98 Å². The lowest BCUT2D eigenvalue weighted by molar-refractivity contribution is -0.110. The molecule has 0 saturated heterocycles. The van der Waals surface area contributed by atoms with Gasteiger partial charge in [0.25, 0.3) is 15.9 Å². The van der Waals surface area contributed by atoms with Crippen molar-refractivity contribution in [3.8, 4) is 0 Å². The number of anilines is 2. The van der Waals surface area contributed by atoms with Crippen LogP contribution in [-0.2, 0) is 14.8 Å². The molecule has 0 spiro atoms. The van der Waals surface area contributed by atoms with Gasteiger partial charge < -0.3 is 10.2 Å². The van der Waals surface area contributed by atoms with Gasteiger partial charge in [0.1, 0.15) is 10.7 Å². The van der Waals surface area contributed by atoms with Crippen molar-refractivity contribution >= 4 is 50.2 Å². The molecule has 0 bridgehead atoms. The average Bonchev–Trinajstić information content (AvgIpc) is 2.82. The molecule has 180 valence electrons. The zero-order valence-corrected chi connectivity index (χ0v) is 20.5. The molecule has 1 amide bonds. The summed E-state index contributed by atoms with van der Waals surface area (Å²) < 4.78 is 41.6. The van der Waals surface area contributed by atoms with Crippen molar-refractivity contribution in [3.05, 3.63) is 78.1 Å². The van der Waals surface area contributed by atoms with Gasteiger partial charge in [0.15, 0.2) is 11.5 Å².